The second kappa shape index (κ2) is 4.65. The molecule has 90 valence electrons. The molecule has 0 spiro atoms. The monoisotopic (exact) mass is 235 g/mol. The van der Waals surface area contributed by atoms with E-state index in [0.717, 1.165) is 12.0 Å². The van der Waals surface area contributed by atoms with Crippen molar-refractivity contribution in [2.45, 2.75) is 18.5 Å². The van der Waals surface area contributed by atoms with E-state index < -0.39 is 5.67 Å². The Morgan fingerprint density at radius 1 is 1.12 bits per heavy atom. The third kappa shape index (κ3) is 2.52. The normalized spacial score (nSPS) is 18.8. The van der Waals surface area contributed by atoms with Crippen LogP contribution in [0.2, 0.25) is 0 Å². The minimum atomic E-state index is -1.65. The maximum Gasteiger partial charge on any atom is 0.169 e. The molecule has 0 aliphatic carbocycles. The van der Waals surface area contributed by atoms with E-state index in [2.05, 4.69) is 0 Å². The largest absolute Gasteiger partial charge is 0.371 e. The SMILES string of the molecule is O=Cc1ccc(N2CCC(F)(C=O)CC2)cc1. The van der Waals surface area contributed by atoms with Crippen LogP contribution in [0, 0.1) is 0 Å². The van der Waals surface area contributed by atoms with Crippen molar-refractivity contribution in [1.82, 2.24) is 0 Å². The average Bonchev–Trinajstić information content (AvgIpc) is 2.40. The fourth-order valence-electron chi connectivity index (χ4n) is 2.02. The average molecular weight is 235 g/mol. The fraction of sp³-hybridized carbons (Fsp3) is 0.385. The number of piperidine rings is 1. The molecule has 0 N–H and O–H groups in total. The van der Waals surface area contributed by atoms with Crippen LogP contribution in [0.1, 0.15) is 23.2 Å². The van der Waals surface area contributed by atoms with Gasteiger partial charge in [0.2, 0.25) is 0 Å². The molecule has 1 heterocycles. The molecular formula is C13H14FNO2. The van der Waals surface area contributed by atoms with Crippen LogP contribution < -0.4 is 4.90 Å². The van der Waals surface area contributed by atoms with Crippen molar-refractivity contribution in [3.63, 3.8) is 0 Å². The molecule has 1 aliphatic heterocycles. The van der Waals surface area contributed by atoms with Gasteiger partial charge in [0.05, 0.1) is 0 Å². The van der Waals surface area contributed by atoms with Crippen molar-refractivity contribution in [3.05, 3.63) is 29.8 Å². The number of hydrogen-bond acceptors (Lipinski definition) is 3. The molecular weight excluding hydrogens is 221 g/mol. The van der Waals surface area contributed by atoms with Gasteiger partial charge >= 0.3 is 0 Å². The lowest BCUT2D eigenvalue weighted by Crippen LogP contribution is -2.42. The first kappa shape index (κ1) is 11.8. The maximum atomic E-state index is 13.7. The number of nitrogens with zero attached hydrogens (tertiary/aromatic N) is 1. The Balaban J connectivity index is 2.05. The third-order valence-electron chi connectivity index (χ3n) is 3.20. The maximum absolute atomic E-state index is 13.7. The summed E-state index contributed by atoms with van der Waals surface area (Å²) in [5.41, 5.74) is -0.0683. The molecule has 1 saturated heterocycles. The summed E-state index contributed by atoms with van der Waals surface area (Å²) in [5.74, 6) is 0. The van der Waals surface area contributed by atoms with E-state index in [0.29, 0.717) is 24.9 Å². The zero-order valence-electron chi connectivity index (χ0n) is 9.43. The van der Waals surface area contributed by atoms with Crippen LogP contribution in [0.25, 0.3) is 0 Å². The molecule has 0 unspecified atom stereocenters. The van der Waals surface area contributed by atoms with Gasteiger partial charge in [0.25, 0.3) is 0 Å². The molecule has 1 aliphatic rings. The smallest absolute Gasteiger partial charge is 0.169 e. The quantitative estimate of drug-likeness (QED) is 0.752. The summed E-state index contributed by atoms with van der Waals surface area (Å²) in [6, 6.07) is 7.16. The Morgan fingerprint density at radius 2 is 1.71 bits per heavy atom. The molecule has 1 aromatic carbocycles. The van der Waals surface area contributed by atoms with Crippen LogP contribution in [-0.4, -0.2) is 31.3 Å². The molecule has 0 amide bonds. The first-order valence-corrected chi connectivity index (χ1v) is 5.62. The molecule has 17 heavy (non-hydrogen) atoms. The highest BCUT2D eigenvalue weighted by Crippen LogP contribution is 2.27. The van der Waals surface area contributed by atoms with Gasteiger partial charge in [-0.15, -0.1) is 0 Å². The Kier molecular flexibility index (Phi) is 3.22. The standard InChI is InChI=1S/C13H14FNO2/c14-13(10-17)5-7-15(8-6-13)12-3-1-11(9-16)2-4-12/h1-4,9-10H,5-8H2. The molecule has 0 saturated carbocycles. The van der Waals surface area contributed by atoms with Gasteiger partial charge in [0.15, 0.2) is 12.0 Å². The van der Waals surface area contributed by atoms with Crippen molar-refractivity contribution in [1.29, 1.82) is 0 Å². The summed E-state index contributed by atoms with van der Waals surface area (Å²) in [6.45, 7) is 1.05. The number of alkyl halides is 1. The first-order valence-electron chi connectivity index (χ1n) is 5.62. The predicted molar refractivity (Wildman–Crippen MR) is 63.2 cm³/mol. The zero-order chi connectivity index (χ0) is 12.3. The molecule has 2 rings (SSSR count). The third-order valence-corrected chi connectivity index (χ3v) is 3.20. The van der Waals surface area contributed by atoms with Crippen molar-refractivity contribution in [3.8, 4) is 0 Å². The Morgan fingerprint density at radius 3 is 2.18 bits per heavy atom. The lowest BCUT2D eigenvalue weighted by atomic mass is 9.94. The lowest BCUT2D eigenvalue weighted by molar-refractivity contribution is -0.119. The summed E-state index contributed by atoms with van der Waals surface area (Å²) in [6.07, 6.45) is 1.66. The van der Waals surface area contributed by atoms with Crippen molar-refractivity contribution >= 4 is 18.3 Å². The molecule has 0 aromatic heterocycles. The van der Waals surface area contributed by atoms with E-state index in [9.17, 15) is 14.0 Å². The van der Waals surface area contributed by atoms with Gasteiger partial charge in [-0.3, -0.25) is 9.59 Å². The van der Waals surface area contributed by atoms with Crippen LogP contribution >= 0.6 is 0 Å². The predicted octanol–water partition coefficient (Wildman–Crippen LogP) is 2.01. The topological polar surface area (TPSA) is 37.4 Å². The van der Waals surface area contributed by atoms with Gasteiger partial charge in [-0.2, -0.15) is 0 Å². The molecule has 1 aromatic rings. The van der Waals surface area contributed by atoms with Crippen LogP contribution in [0.4, 0.5) is 10.1 Å². The molecule has 0 bridgehead atoms. The molecule has 3 nitrogen and oxygen atoms in total. The summed E-state index contributed by atoms with van der Waals surface area (Å²) in [7, 11) is 0. The fourth-order valence-corrected chi connectivity index (χ4v) is 2.02. The Labute approximate surface area is 99.2 Å². The number of hydrogen-bond donors (Lipinski definition) is 0. The Hall–Kier alpha value is -1.71. The Bertz CT molecular complexity index is 408. The van der Waals surface area contributed by atoms with Crippen LogP contribution in [-0.2, 0) is 4.79 Å². The van der Waals surface area contributed by atoms with E-state index in [1.54, 1.807) is 12.1 Å². The van der Waals surface area contributed by atoms with Gasteiger partial charge < -0.3 is 4.90 Å². The van der Waals surface area contributed by atoms with E-state index in [1.165, 1.54) is 0 Å². The molecule has 1 fully saturated rings. The van der Waals surface area contributed by atoms with E-state index in [-0.39, 0.29) is 12.8 Å². The second-order valence-electron chi connectivity index (χ2n) is 4.35. The molecule has 4 heteroatoms. The van der Waals surface area contributed by atoms with E-state index >= 15 is 0 Å². The number of rotatable bonds is 3. The number of carbonyl (C=O) groups is 2. The van der Waals surface area contributed by atoms with Gasteiger partial charge in [-0.1, -0.05) is 0 Å². The van der Waals surface area contributed by atoms with Crippen LogP contribution in [0.15, 0.2) is 24.3 Å². The van der Waals surface area contributed by atoms with Gasteiger partial charge in [-0.05, 0) is 24.3 Å². The number of carbonyl (C=O) groups excluding carboxylic acids is 2. The minimum Gasteiger partial charge on any atom is -0.371 e. The van der Waals surface area contributed by atoms with Crippen molar-refractivity contribution < 1.29 is 14.0 Å². The minimum absolute atomic E-state index is 0.228. The van der Waals surface area contributed by atoms with Gasteiger partial charge in [-0.25, -0.2) is 4.39 Å². The highest BCUT2D eigenvalue weighted by atomic mass is 19.1. The number of halogens is 1. The summed E-state index contributed by atoms with van der Waals surface area (Å²) in [5, 5.41) is 0. The van der Waals surface area contributed by atoms with E-state index in [4.69, 9.17) is 0 Å². The van der Waals surface area contributed by atoms with Crippen molar-refractivity contribution in [2.24, 2.45) is 0 Å². The highest BCUT2D eigenvalue weighted by molar-refractivity contribution is 5.75. The first-order chi connectivity index (χ1) is 8.17. The summed E-state index contributed by atoms with van der Waals surface area (Å²) >= 11 is 0. The van der Waals surface area contributed by atoms with Crippen LogP contribution in [0.5, 0.6) is 0 Å². The molecule has 0 atom stereocenters. The van der Waals surface area contributed by atoms with Gasteiger partial charge in [0.1, 0.15) is 6.29 Å². The number of aldehydes is 2. The van der Waals surface area contributed by atoms with Crippen molar-refractivity contribution in [2.75, 3.05) is 18.0 Å². The zero-order valence-corrected chi connectivity index (χ0v) is 9.43. The van der Waals surface area contributed by atoms with Crippen LogP contribution in [0.3, 0.4) is 0 Å². The molecule has 0 radical (unpaired) electrons. The summed E-state index contributed by atoms with van der Waals surface area (Å²) < 4.78 is 13.7. The number of anilines is 1. The van der Waals surface area contributed by atoms with Gasteiger partial charge in [0, 0.05) is 37.2 Å². The van der Waals surface area contributed by atoms with E-state index in [1.807, 2.05) is 17.0 Å². The summed E-state index contributed by atoms with van der Waals surface area (Å²) in [4.78, 5) is 23.1. The number of benzene rings is 1. The second-order valence-corrected chi connectivity index (χ2v) is 4.35. The highest BCUT2D eigenvalue weighted by Gasteiger charge is 2.34. The lowest BCUT2D eigenvalue weighted by Gasteiger charge is -2.34.